The van der Waals surface area contributed by atoms with E-state index in [1.807, 2.05) is 6.92 Å². The molecule has 1 unspecified atom stereocenters. The number of ether oxygens (including phenoxy) is 1. The van der Waals surface area contributed by atoms with E-state index in [0.717, 1.165) is 0 Å². The lowest BCUT2D eigenvalue weighted by Crippen LogP contribution is -2.43. The molecule has 0 fully saturated rings. The van der Waals surface area contributed by atoms with Gasteiger partial charge in [0.15, 0.2) is 0 Å². The van der Waals surface area contributed by atoms with Gasteiger partial charge < -0.3 is 20.1 Å². The molecule has 0 saturated carbocycles. The Morgan fingerprint density at radius 1 is 1.50 bits per heavy atom. The monoisotopic (exact) mass is 232 g/mol. The summed E-state index contributed by atoms with van der Waals surface area (Å²) in [6.07, 6.45) is 0. The first-order valence-corrected chi connectivity index (χ1v) is 5.27. The Morgan fingerprint density at radius 2 is 2.12 bits per heavy atom. The molecule has 0 aliphatic rings. The number of hydrogen-bond acceptors (Lipinski definition) is 3. The van der Waals surface area contributed by atoms with Crippen LogP contribution in [0.3, 0.4) is 0 Å². The Balaban J connectivity index is 3.96. The lowest BCUT2D eigenvalue weighted by atomic mass is 10.2. The van der Waals surface area contributed by atoms with Gasteiger partial charge in [-0.3, -0.25) is 4.79 Å². The van der Waals surface area contributed by atoms with Crippen LogP contribution in [0.15, 0.2) is 0 Å². The van der Waals surface area contributed by atoms with Crippen LogP contribution in [0.5, 0.6) is 0 Å². The summed E-state index contributed by atoms with van der Waals surface area (Å²) in [6, 6.07) is -0.257. The van der Waals surface area contributed by atoms with Gasteiger partial charge in [-0.1, -0.05) is 6.92 Å². The summed E-state index contributed by atoms with van der Waals surface area (Å²) in [5, 5.41) is 11.2. The number of carbonyl (C=O) groups excluding carboxylic acids is 1. The molecule has 94 valence electrons. The molecule has 16 heavy (non-hydrogen) atoms. The number of carbonyl (C=O) groups is 2. The Hall–Kier alpha value is -1.30. The van der Waals surface area contributed by atoms with Crippen LogP contribution in [0.4, 0.5) is 4.79 Å². The van der Waals surface area contributed by atoms with Gasteiger partial charge in [0.25, 0.3) is 0 Å². The molecular formula is C10H20N2O4. The minimum Gasteiger partial charge on any atom is -0.481 e. The minimum absolute atomic E-state index is 0.137. The first-order chi connectivity index (χ1) is 7.52. The fraction of sp³-hybridized carbons (Fsp3) is 0.800. The van der Waals surface area contributed by atoms with Crippen LogP contribution in [0.1, 0.15) is 13.8 Å². The summed E-state index contributed by atoms with van der Waals surface area (Å²) in [4.78, 5) is 23.7. The molecule has 6 nitrogen and oxygen atoms in total. The van der Waals surface area contributed by atoms with Crippen LogP contribution in [-0.2, 0) is 9.53 Å². The standard InChI is InChI=1S/C10H20N2O4/c1-4-12(5-6-16-3)10(15)11-7-8(2)9(13)14/h8H,4-7H2,1-3H3,(H,11,15)(H,13,14). The van der Waals surface area contributed by atoms with Crippen molar-refractivity contribution in [3.05, 3.63) is 0 Å². The third kappa shape index (κ3) is 5.55. The number of methoxy groups -OCH3 is 1. The molecule has 0 heterocycles. The molecule has 0 spiro atoms. The average molecular weight is 232 g/mol. The van der Waals surface area contributed by atoms with Crippen LogP contribution in [0.25, 0.3) is 0 Å². The van der Waals surface area contributed by atoms with Crippen LogP contribution >= 0.6 is 0 Å². The molecule has 0 aromatic rings. The molecule has 0 aliphatic carbocycles. The van der Waals surface area contributed by atoms with E-state index in [1.165, 1.54) is 0 Å². The van der Waals surface area contributed by atoms with Crippen LogP contribution in [0.2, 0.25) is 0 Å². The van der Waals surface area contributed by atoms with Gasteiger partial charge in [-0.25, -0.2) is 4.79 Å². The SMILES string of the molecule is CCN(CCOC)C(=O)NCC(C)C(=O)O. The smallest absolute Gasteiger partial charge is 0.317 e. The van der Waals surface area contributed by atoms with Gasteiger partial charge in [0, 0.05) is 26.7 Å². The molecule has 6 heteroatoms. The number of carboxylic acid groups (broad SMARTS) is 1. The maximum atomic E-state index is 11.6. The van der Waals surface area contributed by atoms with Crippen LogP contribution in [-0.4, -0.2) is 55.4 Å². The number of hydrogen-bond donors (Lipinski definition) is 2. The largest absolute Gasteiger partial charge is 0.481 e. The Bertz CT molecular complexity index is 233. The first kappa shape index (κ1) is 14.7. The summed E-state index contributed by atoms with van der Waals surface area (Å²) in [7, 11) is 1.57. The maximum Gasteiger partial charge on any atom is 0.317 e. The van der Waals surface area contributed by atoms with Crippen molar-refractivity contribution in [1.29, 1.82) is 0 Å². The van der Waals surface area contributed by atoms with Gasteiger partial charge in [0.1, 0.15) is 0 Å². The summed E-state index contributed by atoms with van der Waals surface area (Å²) >= 11 is 0. The van der Waals surface area contributed by atoms with E-state index in [9.17, 15) is 9.59 Å². The fourth-order valence-corrected chi connectivity index (χ4v) is 1.04. The quantitative estimate of drug-likeness (QED) is 0.665. The van der Waals surface area contributed by atoms with Gasteiger partial charge >= 0.3 is 12.0 Å². The van der Waals surface area contributed by atoms with Crippen molar-refractivity contribution in [3.8, 4) is 0 Å². The van der Waals surface area contributed by atoms with E-state index in [0.29, 0.717) is 19.7 Å². The minimum atomic E-state index is -0.916. The van der Waals surface area contributed by atoms with E-state index in [-0.39, 0.29) is 12.6 Å². The number of nitrogens with zero attached hydrogens (tertiary/aromatic N) is 1. The highest BCUT2D eigenvalue weighted by molar-refractivity contribution is 5.75. The number of urea groups is 1. The van der Waals surface area contributed by atoms with Gasteiger partial charge in [-0.15, -0.1) is 0 Å². The zero-order chi connectivity index (χ0) is 12.6. The predicted octanol–water partition coefficient (Wildman–Crippen LogP) is 0.385. The van der Waals surface area contributed by atoms with E-state index in [1.54, 1.807) is 18.9 Å². The molecule has 0 aromatic heterocycles. The highest BCUT2D eigenvalue weighted by Crippen LogP contribution is 1.94. The normalized spacial score (nSPS) is 11.9. The average Bonchev–Trinajstić information content (AvgIpc) is 2.26. The van der Waals surface area contributed by atoms with Crippen molar-refractivity contribution in [3.63, 3.8) is 0 Å². The highest BCUT2D eigenvalue weighted by Gasteiger charge is 2.15. The molecule has 0 aliphatic heterocycles. The topological polar surface area (TPSA) is 78.9 Å². The second-order valence-electron chi connectivity index (χ2n) is 3.50. The molecule has 0 rings (SSSR count). The lowest BCUT2D eigenvalue weighted by molar-refractivity contribution is -0.140. The highest BCUT2D eigenvalue weighted by atomic mass is 16.5. The first-order valence-electron chi connectivity index (χ1n) is 5.27. The summed E-state index contributed by atoms with van der Waals surface area (Å²) in [5.74, 6) is -1.50. The predicted molar refractivity (Wildman–Crippen MR) is 59.3 cm³/mol. The second-order valence-corrected chi connectivity index (χ2v) is 3.50. The van der Waals surface area contributed by atoms with Crippen molar-refractivity contribution in [1.82, 2.24) is 10.2 Å². The summed E-state index contributed by atoms with van der Waals surface area (Å²) in [5.41, 5.74) is 0. The number of carboxylic acids is 1. The molecule has 2 amide bonds. The Morgan fingerprint density at radius 3 is 2.56 bits per heavy atom. The van der Waals surface area contributed by atoms with Crippen molar-refractivity contribution < 1.29 is 19.4 Å². The van der Waals surface area contributed by atoms with Gasteiger partial charge in [0.2, 0.25) is 0 Å². The van der Waals surface area contributed by atoms with Gasteiger partial charge in [-0.05, 0) is 6.92 Å². The Kier molecular flexibility index (Phi) is 7.28. The number of likely N-dealkylation sites (N-methyl/N-ethyl adjacent to an activating group) is 1. The zero-order valence-corrected chi connectivity index (χ0v) is 10.0. The van der Waals surface area contributed by atoms with Crippen LogP contribution in [0, 0.1) is 5.92 Å². The number of rotatable bonds is 7. The molecule has 0 saturated heterocycles. The molecular weight excluding hydrogens is 212 g/mol. The zero-order valence-electron chi connectivity index (χ0n) is 10.0. The van der Waals surface area contributed by atoms with Crippen molar-refractivity contribution in [2.45, 2.75) is 13.8 Å². The lowest BCUT2D eigenvalue weighted by Gasteiger charge is -2.21. The number of aliphatic carboxylic acids is 1. The third-order valence-electron chi connectivity index (χ3n) is 2.22. The second kappa shape index (κ2) is 7.92. The van der Waals surface area contributed by atoms with E-state index in [2.05, 4.69) is 5.32 Å². The summed E-state index contributed by atoms with van der Waals surface area (Å²) < 4.78 is 4.87. The molecule has 0 radical (unpaired) electrons. The third-order valence-corrected chi connectivity index (χ3v) is 2.22. The molecule has 1 atom stereocenters. The maximum absolute atomic E-state index is 11.6. The number of nitrogens with one attached hydrogen (secondary N) is 1. The molecule has 2 N–H and O–H groups in total. The van der Waals surface area contributed by atoms with Crippen molar-refractivity contribution in [2.75, 3.05) is 33.4 Å². The molecule has 0 bridgehead atoms. The van der Waals surface area contributed by atoms with E-state index < -0.39 is 11.9 Å². The van der Waals surface area contributed by atoms with Gasteiger partial charge in [-0.2, -0.15) is 0 Å². The molecule has 0 aromatic carbocycles. The van der Waals surface area contributed by atoms with Crippen LogP contribution < -0.4 is 5.32 Å². The van der Waals surface area contributed by atoms with E-state index in [4.69, 9.17) is 9.84 Å². The Labute approximate surface area is 95.6 Å². The fourth-order valence-electron chi connectivity index (χ4n) is 1.04. The number of amides is 2. The van der Waals surface area contributed by atoms with Crippen molar-refractivity contribution in [2.24, 2.45) is 5.92 Å². The van der Waals surface area contributed by atoms with Crippen molar-refractivity contribution >= 4 is 12.0 Å². The van der Waals surface area contributed by atoms with Gasteiger partial charge in [0.05, 0.1) is 12.5 Å². The van der Waals surface area contributed by atoms with E-state index >= 15 is 0 Å². The summed E-state index contributed by atoms with van der Waals surface area (Å²) in [6.45, 7) is 5.08.